The molecule has 0 bridgehead atoms. The van der Waals surface area contributed by atoms with Crippen molar-refractivity contribution in [3.8, 4) is 0 Å². The molecule has 7 heteroatoms. The highest BCUT2D eigenvalue weighted by atomic mass is 35.5. The Morgan fingerprint density at radius 2 is 1.74 bits per heavy atom. The van der Waals surface area contributed by atoms with Gasteiger partial charge in [0.25, 0.3) is 5.91 Å². The number of nitrogens with zero attached hydrogens (tertiary/aromatic N) is 1. The van der Waals surface area contributed by atoms with Crippen LogP contribution in [-0.4, -0.2) is 29.3 Å². The molecular weight excluding hydrogens is 596 g/mol. The summed E-state index contributed by atoms with van der Waals surface area (Å²) in [4.78, 5) is 40.9. The van der Waals surface area contributed by atoms with Crippen molar-refractivity contribution >= 4 is 34.4 Å². The SMILES string of the molecule is CCc1ccc2oc(C(=O)N[C@H](C=C3CCC(c4ccccc4CN4CCCCC4=O)CC3)Cc3ccc(Cl)cc3)cc(=O)c2c1. The lowest BCUT2D eigenvalue weighted by Gasteiger charge is -2.31. The minimum absolute atomic E-state index is 0.00811. The van der Waals surface area contributed by atoms with Gasteiger partial charge < -0.3 is 14.6 Å². The van der Waals surface area contributed by atoms with Crippen LogP contribution in [0.15, 0.2) is 93.7 Å². The van der Waals surface area contributed by atoms with Gasteiger partial charge in [0, 0.05) is 30.6 Å². The number of hydrogen-bond acceptors (Lipinski definition) is 4. The molecule has 6 nitrogen and oxygen atoms in total. The minimum Gasteiger partial charge on any atom is -0.451 e. The Kier molecular flexibility index (Phi) is 10.0. The molecule has 2 heterocycles. The number of allylic oxidation sites excluding steroid dienone is 1. The second-order valence-electron chi connectivity index (χ2n) is 12.6. The Labute approximate surface area is 275 Å². The number of nitrogens with one attached hydrogen (secondary N) is 1. The van der Waals surface area contributed by atoms with Gasteiger partial charge in [-0.2, -0.15) is 0 Å². The number of carbonyl (C=O) groups excluding carboxylic acids is 2. The molecule has 0 unspecified atom stereocenters. The molecule has 2 fully saturated rings. The monoisotopic (exact) mass is 636 g/mol. The Bertz CT molecular complexity index is 1800. The summed E-state index contributed by atoms with van der Waals surface area (Å²) in [5, 5.41) is 4.29. The maximum absolute atomic E-state index is 13.5. The van der Waals surface area contributed by atoms with Crippen LogP contribution in [0.1, 0.15) is 90.6 Å². The van der Waals surface area contributed by atoms with Crippen molar-refractivity contribution in [2.24, 2.45) is 0 Å². The van der Waals surface area contributed by atoms with E-state index in [1.807, 2.05) is 48.2 Å². The van der Waals surface area contributed by atoms with Gasteiger partial charge >= 0.3 is 0 Å². The molecule has 1 aliphatic carbocycles. The molecule has 1 aromatic heterocycles. The van der Waals surface area contributed by atoms with E-state index in [1.165, 1.54) is 22.8 Å². The normalized spacial score (nSPS) is 17.6. The number of piperidine rings is 1. The van der Waals surface area contributed by atoms with Crippen molar-refractivity contribution in [2.45, 2.75) is 83.2 Å². The number of likely N-dealkylation sites (tertiary alicyclic amines) is 1. The fraction of sp³-hybridized carbons (Fsp3) is 0.359. The number of aryl methyl sites for hydroxylation is 1. The van der Waals surface area contributed by atoms with E-state index in [9.17, 15) is 14.4 Å². The quantitative estimate of drug-likeness (QED) is 0.188. The van der Waals surface area contributed by atoms with Crippen LogP contribution in [0, 0.1) is 0 Å². The van der Waals surface area contributed by atoms with E-state index in [0.29, 0.717) is 41.3 Å². The first kappa shape index (κ1) is 31.8. The highest BCUT2D eigenvalue weighted by Crippen LogP contribution is 2.37. The fourth-order valence-corrected chi connectivity index (χ4v) is 6.99. The molecule has 3 aromatic carbocycles. The van der Waals surface area contributed by atoms with E-state index in [1.54, 1.807) is 6.07 Å². The van der Waals surface area contributed by atoms with Crippen LogP contribution in [0.5, 0.6) is 0 Å². The van der Waals surface area contributed by atoms with Crippen molar-refractivity contribution < 1.29 is 14.0 Å². The summed E-state index contributed by atoms with van der Waals surface area (Å²) in [5.74, 6) is 0.285. The summed E-state index contributed by atoms with van der Waals surface area (Å²) in [6.07, 6.45) is 10.2. The average molecular weight is 637 g/mol. The van der Waals surface area contributed by atoms with Crippen molar-refractivity contribution in [2.75, 3.05) is 6.54 Å². The first-order valence-corrected chi connectivity index (χ1v) is 16.9. The molecule has 1 saturated carbocycles. The van der Waals surface area contributed by atoms with Gasteiger partial charge in [-0.1, -0.05) is 72.6 Å². The summed E-state index contributed by atoms with van der Waals surface area (Å²) in [6, 6.07) is 22.8. The zero-order valence-electron chi connectivity index (χ0n) is 26.4. The lowest BCUT2D eigenvalue weighted by molar-refractivity contribution is -0.133. The maximum atomic E-state index is 13.5. The van der Waals surface area contributed by atoms with Crippen LogP contribution >= 0.6 is 11.6 Å². The third-order valence-electron chi connectivity index (χ3n) is 9.45. The lowest BCUT2D eigenvalue weighted by Crippen LogP contribution is -2.36. The Morgan fingerprint density at radius 3 is 2.50 bits per heavy atom. The van der Waals surface area contributed by atoms with Crippen LogP contribution in [0.3, 0.4) is 0 Å². The van der Waals surface area contributed by atoms with Crippen LogP contribution in [0.25, 0.3) is 11.0 Å². The zero-order chi connectivity index (χ0) is 32.0. The van der Waals surface area contributed by atoms with Crippen LogP contribution in [0.2, 0.25) is 5.02 Å². The number of amides is 2. The largest absolute Gasteiger partial charge is 0.451 e. The van der Waals surface area contributed by atoms with Gasteiger partial charge in [-0.15, -0.1) is 0 Å². The molecular formula is C39H41ClN2O4. The standard InChI is InChI=1S/C39H41ClN2O4/c1-2-26-14-19-36-34(23-26)35(43)24-37(46-36)39(45)41-32(22-28-12-17-31(40)18-13-28)21-27-10-15-29(16-11-27)33-8-4-3-7-30(33)25-42-20-6-5-9-38(42)44/h3-4,7-8,12-14,17-19,21,23-24,29,32H,2,5-6,9-11,15-16,20,22,25H2,1H3,(H,41,45)/t29?,32-/m1/s1. The molecule has 1 saturated heterocycles. The van der Waals surface area contributed by atoms with Gasteiger partial charge in [0.1, 0.15) is 5.58 Å². The molecule has 1 N–H and O–H groups in total. The fourth-order valence-electron chi connectivity index (χ4n) is 6.86. The Hall–Kier alpha value is -4.16. The van der Waals surface area contributed by atoms with Crippen LogP contribution < -0.4 is 10.7 Å². The van der Waals surface area contributed by atoms with Gasteiger partial charge in [0.2, 0.25) is 5.91 Å². The molecule has 4 aromatic rings. The van der Waals surface area contributed by atoms with Crippen LogP contribution in [0.4, 0.5) is 0 Å². The van der Waals surface area contributed by atoms with Gasteiger partial charge in [-0.25, -0.2) is 0 Å². The van der Waals surface area contributed by atoms with Gasteiger partial charge in [-0.3, -0.25) is 14.4 Å². The number of rotatable bonds is 9. The van der Waals surface area contributed by atoms with Gasteiger partial charge in [0.05, 0.1) is 11.4 Å². The molecule has 46 heavy (non-hydrogen) atoms. The molecule has 238 valence electrons. The lowest BCUT2D eigenvalue weighted by atomic mass is 9.79. The van der Waals surface area contributed by atoms with E-state index in [0.717, 1.165) is 62.6 Å². The molecule has 2 amide bonds. The Balaban J connectivity index is 1.18. The third kappa shape index (κ3) is 7.61. The summed E-state index contributed by atoms with van der Waals surface area (Å²) in [7, 11) is 0. The summed E-state index contributed by atoms with van der Waals surface area (Å²) < 4.78 is 5.92. The summed E-state index contributed by atoms with van der Waals surface area (Å²) >= 11 is 6.14. The minimum atomic E-state index is -0.413. The van der Waals surface area contributed by atoms with Crippen molar-refractivity contribution in [1.29, 1.82) is 0 Å². The van der Waals surface area contributed by atoms with Gasteiger partial charge in [0.15, 0.2) is 11.2 Å². The third-order valence-corrected chi connectivity index (χ3v) is 9.70. The number of carbonyl (C=O) groups is 2. The van der Waals surface area contributed by atoms with Crippen molar-refractivity contribution in [3.05, 3.63) is 128 Å². The van der Waals surface area contributed by atoms with E-state index >= 15 is 0 Å². The summed E-state index contributed by atoms with van der Waals surface area (Å²) in [5.41, 5.74) is 6.19. The highest BCUT2D eigenvalue weighted by molar-refractivity contribution is 6.30. The molecule has 1 aliphatic heterocycles. The highest BCUT2D eigenvalue weighted by Gasteiger charge is 2.25. The van der Waals surface area contributed by atoms with Crippen molar-refractivity contribution in [1.82, 2.24) is 10.2 Å². The number of fused-ring (bicyclic) bond motifs is 1. The predicted octanol–water partition coefficient (Wildman–Crippen LogP) is 8.15. The molecule has 2 aliphatic rings. The Morgan fingerprint density at radius 1 is 0.978 bits per heavy atom. The topological polar surface area (TPSA) is 79.6 Å². The smallest absolute Gasteiger partial charge is 0.287 e. The number of benzene rings is 3. The predicted molar refractivity (Wildman–Crippen MR) is 183 cm³/mol. The molecule has 0 spiro atoms. The van der Waals surface area contributed by atoms with E-state index in [2.05, 4.69) is 35.7 Å². The first-order valence-electron chi connectivity index (χ1n) is 16.5. The molecule has 6 rings (SSSR count). The number of hydrogen-bond donors (Lipinski definition) is 1. The van der Waals surface area contributed by atoms with Crippen LogP contribution in [-0.2, 0) is 24.2 Å². The summed E-state index contributed by atoms with van der Waals surface area (Å²) in [6.45, 7) is 3.56. The van der Waals surface area contributed by atoms with Gasteiger partial charge in [-0.05, 0) is 104 Å². The first-order chi connectivity index (χ1) is 22.4. The molecule has 1 atom stereocenters. The number of halogens is 1. The second kappa shape index (κ2) is 14.5. The maximum Gasteiger partial charge on any atom is 0.287 e. The molecule has 0 radical (unpaired) electrons. The van der Waals surface area contributed by atoms with E-state index in [4.69, 9.17) is 16.0 Å². The van der Waals surface area contributed by atoms with E-state index in [-0.39, 0.29) is 23.1 Å². The average Bonchev–Trinajstić information content (AvgIpc) is 3.07. The second-order valence-corrected chi connectivity index (χ2v) is 13.1. The van der Waals surface area contributed by atoms with E-state index < -0.39 is 5.91 Å². The zero-order valence-corrected chi connectivity index (χ0v) is 27.2. The van der Waals surface area contributed by atoms with Crippen molar-refractivity contribution in [3.63, 3.8) is 0 Å².